The standard InChI is InChI=1S/C21H20N2O2/c1-25-20-14-8-11-18(15-20)22-21(24)23(19-12-6-3-7-13-19)16-17-9-4-2-5-10-17/h2-15H,16H2,1H3,(H,22,24). The molecule has 0 radical (unpaired) electrons. The van der Waals surface area contributed by atoms with E-state index in [-0.39, 0.29) is 6.03 Å². The lowest BCUT2D eigenvalue weighted by Crippen LogP contribution is -2.34. The fraction of sp³-hybridized carbons (Fsp3) is 0.0952. The molecule has 4 heteroatoms. The van der Waals surface area contributed by atoms with Gasteiger partial charge in [-0.25, -0.2) is 4.79 Å². The van der Waals surface area contributed by atoms with Gasteiger partial charge in [0.15, 0.2) is 0 Å². The quantitative estimate of drug-likeness (QED) is 0.719. The number of hydrogen-bond acceptors (Lipinski definition) is 2. The maximum absolute atomic E-state index is 12.9. The van der Waals surface area contributed by atoms with Gasteiger partial charge in [0.1, 0.15) is 5.75 Å². The molecule has 3 aromatic carbocycles. The number of urea groups is 1. The molecule has 0 aromatic heterocycles. The summed E-state index contributed by atoms with van der Waals surface area (Å²) >= 11 is 0. The summed E-state index contributed by atoms with van der Waals surface area (Å²) in [6.07, 6.45) is 0. The normalized spacial score (nSPS) is 10.1. The zero-order valence-electron chi connectivity index (χ0n) is 14.1. The highest BCUT2D eigenvalue weighted by molar-refractivity contribution is 6.01. The van der Waals surface area contributed by atoms with Crippen LogP contribution in [0, 0.1) is 0 Å². The predicted octanol–water partition coefficient (Wildman–Crippen LogP) is 4.93. The zero-order valence-corrected chi connectivity index (χ0v) is 14.1. The first kappa shape index (κ1) is 16.6. The number of carbonyl (C=O) groups is 1. The van der Waals surface area contributed by atoms with E-state index in [0.29, 0.717) is 18.0 Å². The molecule has 1 N–H and O–H groups in total. The number of carbonyl (C=O) groups excluding carboxylic acids is 1. The number of benzene rings is 3. The Labute approximate surface area is 147 Å². The van der Waals surface area contributed by atoms with Crippen LogP contribution in [0.2, 0.25) is 0 Å². The van der Waals surface area contributed by atoms with Gasteiger partial charge in [-0.2, -0.15) is 0 Å². The maximum Gasteiger partial charge on any atom is 0.326 e. The summed E-state index contributed by atoms with van der Waals surface area (Å²) in [5, 5.41) is 2.94. The molecule has 2 amide bonds. The van der Waals surface area contributed by atoms with Crippen LogP contribution in [-0.4, -0.2) is 13.1 Å². The fourth-order valence-electron chi connectivity index (χ4n) is 2.55. The van der Waals surface area contributed by atoms with E-state index in [1.807, 2.05) is 78.9 Å². The summed E-state index contributed by atoms with van der Waals surface area (Å²) in [5.41, 5.74) is 2.59. The number of nitrogens with zero attached hydrogens (tertiary/aromatic N) is 1. The number of hydrogen-bond donors (Lipinski definition) is 1. The lowest BCUT2D eigenvalue weighted by Gasteiger charge is -2.23. The molecule has 3 rings (SSSR count). The van der Waals surface area contributed by atoms with Gasteiger partial charge in [-0.15, -0.1) is 0 Å². The van der Waals surface area contributed by atoms with Crippen LogP contribution in [0.3, 0.4) is 0 Å². The number of ether oxygens (including phenoxy) is 1. The lowest BCUT2D eigenvalue weighted by atomic mass is 10.2. The molecule has 126 valence electrons. The van der Waals surface area contributed by atoms with Gasteiger partial charge in [-0.05, 0) is 29.8 Å². The number of nitrogens with one attached hydrogen (secondary N) is 1. The summed E-state index contributed by atoms with van der Waals surface area (Å²) in [7, 11) is 1.60. The predicted molar refractivity (Wildman–Crippen MR) is 101 cm³/mol. The Morgan fingerprint density at radius 3 is 2.28 bits per heavy atom. The first-order valence-electron chi connectivity index (χ1n) is 8.08. The van der Waals surface area contributed by atoms with E-state index < -0.39 is 0 Å². The Hall–Kier alpha value is -3.27. The van der Waals surface area contributed by atoms with Crippen LogP contribution in [0.25, 0.3) is 0 Å². The summed E-state index contributed by atoms with van der Waals surface area (Å²) in [5.74, 6) is 0.701. The molecule has 4 nitrogen and oxygen atoms in total. The number of para-hydroxylation sites is 1. The molecule has 0 unspecified atom stereocenters. The van der Waals surface area contributed by atoms with Gasteiger partial charge in [0.05, 0.1) is 13.7 Å². The van der Waals surface area contributed by atoms with E-state index in [1.54, 1.807) is 18.1 Å². The van der Waals surface area contributed by atoms with Gasteiger partial charge in [0, 0.05) is 17.4 Å². The summed E-state index contributed by atoms with van der Waals surface area (Å²) in [4.78, 5) is 14.6. The van der Waals surface area contributed by atoms with Crippen molar-refractivity contribution in [3.63, 3.8) is 0 Å². The second kappa shape index (κ2) is 8.02. The maximum atomic E-state index is 12.9. The van der Waals surface area contributed by atoms with E-state index in [2.05, 4.69) is 5.32 Å². The van der Waals surface area contributed by atoms with Crippen LogP contribution in [0.5, 0.6) is 5.75 Å². The third kappa shape index (κ3) is 4.38. The summed E-state index contributed by atoms with van der Waals surface area (Å²) < 4.78 is 5.21. The van der Waals surface area contributed by atoms with Crippen molar-refractivity contribution in [2.45, 2.75) is 6.54 Å². The third-order valence-corrected chi connectivity index (χ3v) is 3.82. The average molecular weight is 332 g/mol. The van der Waals surface area contributed by atoms with Crippen LogP contribution in [0.15, 0.2) is 84.9 Å². The average Bonchev–Trinajstić information content (AvgIpc) is 2.67. The Balaban J connectivity index is 1.84. The number of amides is 2. The topological polar surface area (TPSA) is 41.6 Å². The van der Waals surface area contributed by atoms with Crippen LogP contribution >= 0.6 is 0 Å². The highest BCUT2D eigenvalue weighted by Gasteiger charge is 2.16. The van der Waals surface area contributed by atoms with Gasteiger partial charge in [0.25, 0.3) is 0 Å². The first-order valence-corrected chi connectivity index (χ1v) is 8.08. The van der Waals surface area contributed by atoms with E-state index in [4.69, 9.17) is 4.74 Å². The van der Waals surface area contributed by atoms with Gasteiger partial charge in [-0.3, -0.25) is 4.90 Å². The number of anilines is 2. The molecule has 3 aromatic rings. The Morgan fingerprint density at radius 1 is 0.920 bits per heavy atom. The van der Waals surface area contributed by atoms with Crippen LogP contribution in [-0.2, 0) is 6.54 Å². The van der Waals surface area contributed by atoms with Crippen molar-refractivity contribution in [3.8, 4) is 5.75 Å². The van der Waals surface area contributed by atoms with E-state index in [9.17, 15) is 4.79 Å². The third-order valence-electron chi connectivity index (χ3n) is 3.82. The monoisotopic (exact) mass is 332 g/mol. The van der Waals surface area contributed by atoms with Crippen molar-refractivity contribution < 1.29 is 9.53 Å². The SMILES string of the molecule is COc1cccc(NC(=O)N(Cc2ccccc2)c2ccccc2)c1. The van der Waals surface area contributed by atoms with E-state index in [1.165, 1.54) is 0 Å². The van der Waals surface area contributed by atoms with Gasteiger partial charge in [-0.1, -0.05) is 54.6 Å². The molecule has 0 aliphatic rings. The van der Waals surface area contributed by atoms with E-state index in [0.717, 1.165) is 11.3 Å². The molecule has 0 bridgehead atoms. The Kier molecular flexibility index (Phi) is 5.32. The molecule has 25 heavy (non-hydrogen) atoms. The van der Waals surface area contributed by atoms with Crippen molar-refractivity contribution in [2.24, 2.45) is 0 Å². The summed E-state index contributed by atoms with van der Waals surface area (Å²) in [6, 6.07) is 26.7. The molecule has 0 fully saturated rings. The van der Waals surface area contributed by atoms with Gasteiger partial charge >= 0.3 is 6.03 Å². The minimum atomic E-state index is -0.191. The molecule has 0 aliphatic heterocycles. The van der Waals surface area contributed by atoms with Crippen molar-refractivity contribution in [3.05, 3.63) is 90.5 Å². The lowest BCUT2D eigenvalue weighted by molar-refractivity contribution is 0.256. The van der Waals surface area contributed by atoms with Crippen LogP contribution < -0.4 is 15.0 Å². The van der Waals surface area contributed by atoms with Gasteiger partial charge < -0.3 is 10.1 Å². The minimum Gasteiger partial charge on any atom is -0.497 e. The van der Waals surface area contributed by atoms with E-state index >= 15 is 0 Å². The second-order valence-corrected chi connectivity index (χ2v) is 5.57. The molecule has 0 atom stereocenters. The Morgan fingerprint density at radius 2 is 1.60 bits per heavy atom. The zero-order chi connectivity index (χ0) is 17.5. The Bertz CT molecular complexity index is 820. The molecular weight excluding hydrogens is 312 g/mol. The van der Waals surface area contributed by atoms with Crippen LogP contribution in [0.1, 0.15) is 5.56 Å². The smallest absolute Gasteiger partial charge is 0.326 e. The molecule has 0 heterocycles. The summed E-state index contributed by atoms with van der Waals surface area (Å²) in [6.45, 7) is 0.487. The van der Waals surface area contributed by atoms with Crippen molar-refractivity contribution >= 4 is 17.4 Å². The fourth-order valence-corrected chi connectivity index (χ4v) is 2.55. The van der Waals surface area contributed by atoms with Crippen molar-refractivity contribution in [2.75, 3.05) is 17.3 Å². The minimum absolute atomic E-state index is 0.191. The van der Waals surface area contributed by atoms with Crippen molar-refractivity contribution in [1.82, 2.24) is 0 Å². The second-order valence-electron chi connectivity index (χ2n) is 5.57. The molecule has 0 saturated carbocycles. The molecule has 0 spiro atoms. The van der Waals surface area contributed by atoms with Crippen LogP contribution in [0.4, 0.5) is 16.2 Å². The highest BCUT2D eigenvalue weighted by Crippen LogP contribution is 2.21. The molecule has 0 aliphatic carbocycles. The highest BCUT2D eigenvalue weighted by atomic mass is 16.5. The van der Waals surface area contributed by atoms with Crippen molar-refractivity contribution in [1.29, 1.82) is 0 Å². The number of rotatable bonds is 5. The first-order chi connectivity index (χ1) is 12.3. The largest absolute Gasteiger partial charge is 0.497 e. The molecule has 0 saturated heterocycles. The number of methoxy groups -OCH3 is 1. The molecular formula is C21H20N2O2. The van der Waals surface area contributed by atoms with Gasteiger partial charge in [0.2, 0.25) is 0 Å².